The molecule has 0 aliphatic heterocycles. The van der Waals surface area contributed by atoms with E-state index in [4.69, 9.17) is 11.3 Å². The van der Waals surface area contributed by atoms with Gasteiger partial charge in [-0.3, -0.25) is 9.78 Å². The van der Waals surface area contributed by atoms with Gasteiger partial charge in [-0.1, -0.05) is 29.4 Å². The molecule has 7 nitrogen and oxygen atoms in total. The van der Waals surface area contributed by atoms with Crippen LogP contribution in [-0.2, 0) is 4.79 Å². The van der Waals surface area contributed by atoms with Crippen LogP contribution in [0, 0.1) is 0 Å². The van der Waals surface area contributed by atoms with E-state index < -0.39 is 11.9 Å². The van der Waals surface area contributed by atoms with Crippen molar-refractivity contribution in [1.29, 1.82) is 0 Å². The highest BCUT2D eigenvalue weighted by Gasteiger charge is 2.19. The van der Waals surface area contributed by atoms with Gasteiger partial charge in [0.15, 0.2) is 0 Å². The van der Waals surface area contributed by atoms with Crippen LogP contribution in [0.15, 0.2) is 41.6 Å². The molecule has 2 rings (SSSR count). The number of pyridine rings is 1. The normalized spacial score (nSPS) is 11.8. The van der Waals surface area contributed by atoms with Crippen molar-refractivity contribution in [3.05, 3.63) is 52.5 Å². The molecule has 1 aromatic heterocycles. The molecule has 0 fully saturated rings. The molecule has 0 saturated carbocycles. The molecule has 7 heteroatoms. The molecule has 0 bridgehead atoms. The summed E-state index contributed by atoms with van der Waals surface area (Å²) in [5, 5.41) is 7.33. The Bertz CT molecular complexity index is 659. The van der Waals surface area contributed by atoms with Crippen LogP contribution >= 0.6 is 0 Å². The van der Waals surface area contributed by atoms with Gasteiger partial charge < -0.3 is 11.1 Å². The molecule has 1 aromatic carbocycles. The third kappa shape index (κ3) is 3.03. The van der Waals surface area contributed by atoms with Gasteiger partial charge in [0.05, 0.1) is 5.52 Å². The molecule has 1 atom stereocenters. The Balaban J connectivity index is 2.31. The summed E-state index contributed by atoms with van der Waals surface area (Å²) in [6.07, 6.45) is 1.67. The number of nitrogens with zero attached hydrogens (tertiary/aromatic N) is 4. The van der Waals surface area contributed by atoms with Crippen molar-refractivity contribution in [3.63, 3.8) is 0 Å². The standard InChI is InChI=1S/C13H14N6O/c14-13(20)12(17-7-8-18-19-15)10-5-1-3-9-4-2-6-16-11(9)10/h1-6,12,17H,7-8H2,(H2,14,20). The van der Waals surface area contributed by atoms with Gasteiger partial charge >= 0.3 is 0 Å². The fraction of sp³-hybridized carbons (Fsp3) is 0.231. The maximum atomic E-state index is 11.6. The van der Waals surface area contributed by atoms with E-state index in [1.54, 1.807) is 6.20 Å². The molecule has 0 saturated heterocycles. The first-order valence-corrected chi connectivity index (χ1v) is 6.11. The second-order valence-electron chi connectivity index (χ2n) is 4.17. The minimum absolute atomic E-state index is 0.248. The number of carbonyl (C=O) groups is 1. The van der Waals surface area contributed by atoms with E-state index in [2.05, 4.69) is 20.3 Å². The summed E-state index contributed by atoms with van der Waals surface area (Å²) in [7, 11) is 0. The van der Waals surface area contributed by atoms with Crippen molar-refractivity contribution >= 4 is 16.8 Å². The molecule has 102 valence electrons. The van der Waals surface area contributed by atoms with E-state index in [1.165, 1.54) is 0 Å². The Morgan fingerprint density at radius 3 is 3.00 bits per heavy atom. The zero-order chi connectivity index (χ0) is 14.4. The SMILES string of the molecule is [N-]=[N+]=NCCNC(C(N)=O)c1cccc2cccnc12. The molecule has 3 N–H and O–H groups in total. The van der Waals surface area contributed by atoms with Crippen LogP contribution in [0.2, 0.25) is 0 Å². The lowest BCUT2D eigenvalue weighted by atomic mass is 10.0. The molecule has 0 radical (unpaired) electrons. The summed E-state index contributed by atoms with van der Waals surface area (Å²) in [5.74, 6) is -0.496. The van der Waals surface area contributed by atoms with Crippen molar-refractivity contribution in [2.24, 2.45) is 10.8 Å². The van der Waals surface area contributed by atoms with Crippen molar-refractivity contribution in [2.45, 2.75) is 6.04 Å². The number of aromatic nitrogens is 1. The predicted molar refractivity (Wildman–Crippen MR) is 75.7 cm³/mol. The minimum atomic E-state index is -0.664. The molecule has 20 heavy (non-hydrogen) atoms. The Kier molecular flexibility index (Phi) is 4.49. The van der Waals surface area contributed by atoms with Gasteiger partial charge in [-0.15, -0.1) is 0 Å². The zero-order valence-electron chi connectivity index (χ0n) is 10.7. The van der Waals surface area contributed by atoms with E-state index in [1.807, 2.05) is 30.3 Å². The Labute approximate surface area is 115 Å². The maximum absolute atomic E-state index is 11.6. The number of rotatable bonds is 6. The molecular weight excluding hydrogens is 256 g/mol. The average Bonchev–Trinajstić information content (AvgIpc) is 2.47. The van der Waals surface area contributed by atoms with Crippen LogP contribution in [0.3, 0.4) is 0 Å². The number of hydrogen-bond acceptors (Lipinski definition) is 4. The minimum Gasteiger partial charge on any atom is -0.368 e. The van der Waals surface area contributed by atoms with Crippen LogP contribution in [0.25, 0.3) is 21.3 Å². The molecule has 1 heterocycles. The lowest BCUT2D eigenvalue weighted by Gasteiger charge is -2.16. The first-order chi connectivity index (χ1) is 9.74. The van der Waals surface area contributed by atoms with E-state index in [0.29, 0.717) is 6.54 Å². The average molecular weight is 270 g/mol. The lowest BCUT2D eigenvalue weighted by molar-refractivity contribution is -0.120. The molecule has 1 unspecified atom stereocenters. The molecule has 0 aliphatic rings. The van der Waals surface area contributed by atoms with Gasteiger partial charge in [0.2, 0.25) is 5.91 Å². The molecule has 0 spiro atoms. The number of benzene rings is 1. The number of primary amides is 1. The van der Waals surface area contributed by atoms with Crippen LogP contribution in [0.5, 0.6) is 0 Å². The van der Waals surface area contributed by atoms with Gasteiger partial charge in [-0.25, -0.2) is 0 Å². The monoisotopic (exact) mass is 270 g/mol. The number of amides is 1. The summed E-state index contributed by atoms with van der Waals surface area (Å²) >= 11 is 0. The highest BCUT2D eigenvalue weighted by molar-refractivity contribution is 5.89. The maximum Gasteiger partial charge on any atom is 0.239 e. The van der Waals surface area contributed by atoms with Crippen LogP contribution in [0.4, 0.5) is 0 Å². The molecule has 1 amide bonds. The Morgan fingerprint density at radius 1 is 1.45 bits per heavy atom. The van der Waals surface area contributed by atoms with Crippen molar-refractivity contribution in [3.8, 4) is 0 Å². The number of carbonyl (C=O) groups excluding carboxylic acids is 1. The van der Waals surface area contributed by atoms with E-state index in [-0.39, 0.29) is 6.54 Å². The second kappa shape index (κ2) is 6.51. The number of azide groups is 1. The van der Waals surface area contributed by atoms with Crippen LogP contribution < -0.4 is 11.1 Å². The van der Waals surface area contributed by atoms with E-state index >= 15 is 0 Å². The number of nitrogens with one attached hydrogen (secondary N) is 1. The highest BCUT2D eigenvalue weighted by atomic mass is 16.1. The van der Waals surface area contributed by atoms with Gasteiger partial charge in [-0.05, 0) is 11.6 Å². The number of nitrogens with two attached hydrogens (primary N) is 1. The van der Waals surface area contributed by atoms with E-state index in [9.17, 15) is 4.79 Å². The zero-order valence-corrected chi connectivity index (χ0v) is 10.7. The number of hydrogen-bond donors (Lipinski definition) is 2. The molecular formula is C13H14N6O. The second-order valence-corrected chi connectivity index (χ2v) is 4.17. The molecule has 2 aromatic rings. The predicted octanol–water partition coefficient (Wildman–Crippen LogP) is 1.66. The first kappa shape index (κ1) is 13.8. The third-order valence-electron chi connectivity index (χ3n) is 2.88. The fourth-order valence-electron chi connectivity index (χ4n) is 2.03. The van der Waals surface area contributed by atoms with Crippen molar-refractivity contribution in [2.75, 3.05) is 13.1 Å². The van der Waals surface area contributed by atoms with Crippen LogP contribution in [-0.4, -0.2) is 24.0 Å². The van der Waals surface area contributed by atoms with Gasteiger partial charge in [0, 0.05) is 35.1 Å². The summed E-state index contributed by atoms with van der Waals surface area (Å²) in [5.41, 5.74) is 15.1. The molecule has 0 aliphatic carbocycles. The third-order valence-corrected chi connectivity index (χ3v) is 2.88. The van der Waals surface area contributed by atoms with Crippen molar-refractivity contribution in [1.82, 2.24) is 10.3 Å². The van der Waals surface area contributed by atoms with Gasteiger partial charge in [0.25, 0.3) is 0 Å². The topological polar surface area (TPSA) is 117 Å². The largest absolute Gasteiger partial charge is 0.368 e. The Hall–Kier alpha value is -2.63. The summed E-state index contributed by atoms with van der Waals surface area (Å²) < 4.78 is 0. The van der Waals surface area contributed by atoms with Crippen LogP contribution in [0.1, 0.15) is 11.6 Å². The number of fused-ring (bicyclic) bond motifs is 1. The summed E-state index contributed by atoms with van der Waals surface area (Å²) in [4.78, 5) is 18.6. The highest BCUT2D eigenvalue weighted by Crippen LogP contribution is 2.22. The smallest absolute Gasteiger partial charge is 0.239 e. The van der Waals surface area contributed by atoms with Gasteiger partial charge in [0.1, 0.15) is 6.04 Å². The van der Waals surface area contributed by atoms with Gasteiger partial charge in [-0.2, -0.15) is 0 Å². The Morgan fingerprint density at radius 2 is 2.25 bits per heavy atom. The van der Waals surface area contributed by atoms with E-state index in [0.717, 1.165) is 16.5 Å². The van der Waals surface area contributed by atoms with Crippen molar-refractivity contribution < 1.29 is 4.79 Å². The first-order valence-electron chi connectivity index (χ1n) is 6.11. The number of para-hydroxylation sites is 1. The summed E-state index contributed by atoms with van der Waals surface area (Å²) in [6.45, 7) is 0.610. The quantitative estimate of drug-likeness (QED) is 0.359. The fourth-order valence-corrected chi connectivity index (χ4v) is 2.03. The lowest BCUT2D eigenvalue weighted by Crippen LogP contribution is -2.35. The summed E-state index contributed by atoms with van der Waals surface area (Å²) in [6, 6.07) is 8.67.